The number of carbonyl (C=O) groups excluding carboxylic acids is 4. The van der Waals surface area contributed by atoms with Crippen molar-refractivity contribution in [2.45, 2.75) is 36.9 Å². The van der Waals surface area contributed by atoms with Crippen LogP contribution in [-0.2, 0) is 25.5 Å². The largest absolute Gasteiger partial charge is 0.452 e. The maximum atomic E-state index is 13.0. The van der Waals surface area contributed by atoms with E-state index >= 15 is 0 Å². The van der Waals surface area contributed by atoms with E-state index in [9.17, 15) is 19.2 Å². The van der Waals surface area contributed by atoms with E-state index in [-0.39, 0.29) is 33.8 Å². The molecule has 1 heterocycles. The van der Waals surface area contributed by atoms with Gasteiger partial charge in [-0.05, 0) is 49.1 Å². The first-order valence-electron chi connectivity index (χ1n) is 11.1. The molecule has 7 nitrogen and oxygen atoms in total. The molecule has 9 heteroatoms. The number of rotatable bonds is 6. The van der Waals surface area contributed by atoms with E-state index in [2.05, 4.69) is 5.32 Å². The van der Waals surface area contributed by atoms with Gasteiger partial charge in [0.15, 0.2) is 6.61 Å². The molecule has 4 atom stereocenters. The second-order valence-corrected chi connectivity index (χ2v) is 9.53. The molecule has 3 amide bonds. The summed E-state index contributed by atoms with van der Waals surface area (Å²) in [5, 5.41) is 1.98. The highest BCUT2D eigenvalue weighted by Crippen LogP contribution is 2.43. The molecule has 2 aliphatic rings. The maximum Gasteiger partial charge on any atom is 0.338 e. The zero-order chi connectivity index (χ0) is 24.4. The number of anilines is 2. The predicted octanol–water partition coefficient (Wildman–Crippen LogP) is 4.16. The topological polar surface area (TPSA) is 92.8 Å². The zero-order valence-corrected chi connectivity index (χ0v) is 20.0. The van der Waals surface area contributed by atoms with E-state index in [1.165, 1.54) is 12.1 Å². The number of nitrogens with one attached hydrogen (secondary N) is 1. The summed E-state index contributed by atoms with van der Waals surface area (Å²) in [7, 11) is 0. The molecule has 178 valence electrons. The van der Waals surface area contributed by atoms with Crippen LogP contribution in [-0.4, -0.2) is 41.1 Å². The number of nitrogens with zero attached hydrogens (tertiary/aromatic N) is 1. The standard InChI is InChI=1S/C25H24Cl2N2O5/c1-2-14-6-3-4-9-21(14)28-22(30)13-34-25(33)15-7-5-8-16(10-15)29-23(31)17-11-19(26)20(27)12-18(17)24(29)32/h3-10,17-20H,2,11-13H2,1H3,(H,28,30)/t17-,18+,19+,20-. The Hall–Kier alpha value is -2.90. The molecule has 1 saturated carbocycles. The lowest BCUT2D eigenvalue weighted by atomic mass is 9.80. The Balaban J connectivity index is 1.42. The molecule has 2 aromatic carbocycles. The normalized spacial score (nSPS) is 24.0. The minimum atomic E-state index is -0.737. The number of ether oxygens (including phenoxy) is 1. The smallest absolute Gasteiger partial charge is 0.338 e. The Morgan fingerprint density at radius 2 is 1.65 bits per heavy atom. The minimum absolute atomic E-state index is 0.125. The number of fused-ring (bicyclic) bond motifs is 1. The van der Waals surface area contributed by atoms with E-state index in [0.29, 0.717) is 18.5 Å². The third-order valence-electron chi connectivity index (χ3n) is 6.26. The van der Waals surface area contributed by atoms with Gasteiger partial charge in [0.2, 0.25) is 11.8 Å². The van der Waals surface area contributed by atoms with Crippen LogP contribution < -0.4 is 10.2 Å². The number of para-hydroxylation sites is 1. The van der Waals surface area contributed by atoms with Crippen molar-refractivity contribution in [3.05, 3.63) is 59.7 Å². The molecule has 0 bridgehead atoms. The minimum Gasteiger partial charge on any atom is -0.452 e. The van der Waals surface area contributed by atoms with Crippen LogP contribution in [0.4, 0.5) is 11.4 Å². The van der Waals surface area contributed by atoms with Crippen LogP contribution in [0.3, 0.4) is 0 Å². The molecule has 4 rings (SSSR count). The molecule has 1 saturated heterocycles. The zero-order valence-electron chi connectivity index (χ0n) is 18.5. The molecule has 1 aliphatic heterocycles. The number of hydrogen-bond donors (Lipinski definition) is 1. The van der Waals surface area contributed by atoms with Crippen molar-refractivity contribution in [3.8, 4) is 0 Å². The van der Waals surface area contributed by atoms with Crippen molar-refractivity contribution in [2.75, 3.05) is 16.8 Å². The second-order valence-electron chi connectivity index (χ2n) is 8.41. The quantitative estimate of drug-likeness (QED) is 0.363. The van der Waals surface area contributed by atoms with Crippen molar-refractivity contribution in [3.63, 3.8) is 0 Å². The van der Waals surface area contributed by atoms with E-state index < -0.39 is 30.3 Å². The molecule has 0 spiro atoms. The van der Waals surface area contributed by atoms with Gasteiger partial charge in [-0.3, -0.25) is 19.3 Å². The maximum absolute atomic E-state index is 13.0. The van der Waals surface area contributed by atoms with Crippen LogP contribution in [0.1, 0.15) is 35.7 Å². The van der Waals surface area contributed by atoms with E-state index in [1.54, 1.807) is 18.2 Å². The fourth-order valence-electron chi connectivity index (χ4n) is 4.47. The van der Waals surface area contributed by atoms with Crippen LogP contribution >= 0.6 is 23.2 Å². The second kappa shape index (κ2) is 10.2. The Kier molecular flexibility index (Phi) is 7.24. The molecule has 2 fully saturated rings. The van der Waals surface area contributed by atoms with Crippen molar-refractivity contribution < 1.29 is 23.9 Å². The summed E-state index contributed by atoms with van der Waals surface area (Å²) in [6.45, 7) is 1.51. The Bertz CT molecular complexity index is 1110. The Morgan fingerprint density at radius 3 is 2.29 bits per heavy atom. The van der Waals surface area contributed by atoms with E-state index in [4.69, 9.17) is 27.9 Å². The number of amides is 3. The first kappa shape index (κ1) is 24.2. The van der Waals surface area contributed by atoms with Crippen LogP contribution in [0.15, 0.2) is 48.5 Å². The van der Waals surface area contributed by atoms with Crippen LogP contribution in [0.5, 0.6) is 0 Å². The Morgan fingerprint density at radius 1 is 1.00 bits per heavy atom. The van der Waals surface area contributed by atoms with Crippen LogP contribution in [0.2, 0.25) is 0 Å². The van der Waals surface area contributed by atoms with Crippen molar-refractivity contribution in [1.82, 2.24) is 0 Å². The summed E-state index contributed by atoms with van der Waals surface area (Å²) in [5.74, 6) is -2.93. The van der Waals surface area contributed by atoms with Crippen LogP contribution in [0, 0.1) is 11.8 Å². The first-order valence-corrected chi connectivity index (χ1v) is 12.0. The van der Waals surface area contributed by atoms with E-state index in [1.807, 2.05) is 25.1 Å². The van der Waals surface area contributed by atoms with Gasteiger partial charge in [-0.15, -0.1) is 23.2 Å². The molecule has 0 unspecified atom stereocenters. The summed E-state index contributed by atoms with van der Waals surface area (Å²) >= 11 is 12.5. The number of esters is 1. The number of benzene rings is 2. The molecule has 0 radical (unpaired) electrons. The third-order valence-corrected chi connectivity index (χ3v) is 7.35. The van der Waals surface area contributed by atoms with Crippen molar-refractivity contribution in [1.29, 1.82) is 0 Å². The number of imide groups is 1. The molecule has 0 aromatic heterocycles. The number of halogens is 2. The predicted molar refractivity (Wildman–Crippen MR) is 129 cm³/mol. The summed E-state index contributed by atoms with van der Waals surface area (Å²) < 4.78 is 5.16. The number of hydrogen-bond acceptors (Lipinski definition) is 5. The highest BCUT2D eigenvalue weighted by atomic mass is 35.5. The monoisotopic (exact) mass is 502 g/mol. The molecular formula is C25H24Cl2N2O5. The van der Waals surface area contributed by atoms with Gasteiger partial charge in [0.1, 0.15) is 0 Å². The summed E-state index contributed by atoms with van der Waals surface area (Å²) in [4.78, 5) is 51.8. The van der Waals surface area contributed by atoms with Gasteiger partial charge in [-0.1, -0.05) is 31.2 Å². The number of alkyl halides is 2. The number of carbonyl (C=O) groups is 4. The Labute approximate surface area is 207 Å². The van der Waals surface area contributed by atoms with Gasteiger partial charge < -0.3 is 10.1 Å². The van der Waals surface area contributed by atoms with Crippen molar-refractivity contribution in [2.24, 2.45) is 11.8 Å². The highest BCUT2D eigenvalue weighted by Gasteiger charge is 2.52. The lowest BCUT2D eigenvalue weighted by Crippen LogP contribution is -2.34. The fourth-order valence-corrected chi connectivity index (χ4v) is 5.06. The average molecular weight is 503 g/mol. The van der Waals surface area contributed by atoms with Gasteiger partial charge in [-0.2, -0.15) is 0 Å². The average Bonchev–Trinajstić information content (AvgIpc) is 3.07. The number of aryl methyl sites for hydroxylation is 1. The van der Waals surface area contributed by atoms with Gasteiger partial charge in [0.05, 0.1) is 33.8 Å². The third kappa shape index (κ3) is 4.81. The van der Waals surface area contributed by atoms with Crippen LogP contribution in [0.25, 0.3) is 0 Å². The SMILES string of the molecule is CCc1ccccc1NC(=O)COC(=O)c1cccc(N2C(=O)[C@H]3C[C@@H](Cl)[C@@H](Cl)C[C@H]3C2=O)c1. The highest BCUT2D eigenvalue weighted by molar-refractivity contribution is 6.31. The van der Waals surface area contributed by atoms with Gasteiger partial charge in [0, 0.05) is 5.69 Å². The van der Waals surface area contributed by atoms with Crippen molar-refractivity contribution >= 4 is 58.3 Å². The fraction of sp³-hybridized carbons (Fsp3) is 0.360. The van der Waals surface area contributed by atoms with Gasteiger partial charge >= 0.3 is 5.97 Å². The first-order chi connectivity index (χ1) is 16.3. The molecular weight excluding hydrogens is 479 g/mol. The van der Waals surface area contributed by atoms with Gasteiger partial charge in [0.25, 0.3) is 5.91 Å². The molecule has 34 heavy (non-hydrogen) atoms. The van der Waals surface area contributed by atoms with E-state index in [0.717, 1.165) is 16.9 Å². The van der Waals surface area contributed by atoms with Gasteiger partial charge in [-0.25, -0.2) is 4.79 Å². The molecule has 1 N–H and O–H groups in total. The summed E-state index contributed by atoms with van der Waals surface area (Å²) in [6.07, 6.45) is 1.41. The lowest BCUT2D eigenvalue weighted by molar-refractivity contribution is -0.122. The summed E-state index contributed by atoms with van der Waals surface area (Å²) in [6, 6.07) is 13.4. The molecule has 1 aliphatic carbocycles. The lowest BCUT2D eigenvalue weighted by Gasteiger charge is -2.28. The molecule has 2 aromatic rings. The summed E-state index contributed by atoms with van der Waals surface area (Å²) in [5.41, 5.74) is 2.04.